The molecule has 1 aromatic carbocycles. The molecule has 120 valence electrons. The molecule has 1 fully saturated rings. The Balaban J connectivity index is 1.89. The van der Waals surface area contributed by atoms with Crippen molar-refractivity contribution in [1.29, 1.82) is 0 Å². The van der Waals surface area contributed by atoms with E-state index in [4.69, 9.17) is 9.47 Å². The van der Waals surface area contributed by atoms with Gasteiger partial charge in [-0.15, -0.1) is 0 Å². The van der Waals surface area contributed by atoms with E-state index in [0.29, 0.717) is 6.54 Å². The molecule has 0 saturated carbocycles. The number of rotatable bonds is 5. The third-order valence-corrected chi connectivity index (χ3v) is 3.72. The van der Waals surface area contributed by atoms with Gasteiger partial charge in [-0.3, -0.25) is 4.90 Å². The van der Waals surface area contributed by atoms with Crippen molar-refractivity contribution in [2.45, 2.75) is 52.0 Å². The molecule has 2 rings (SSSR count). The van der Waals surface area contributed by atoms with Crippen LogP contribution < -0.4 is 0 Å². The van der Waals surface area contributed by atoms with Gasteiger partial charge in [0.05, 0.1) is 12.6 Å². The summed E-state index contributed by atoms with van der Waals surface area (Å²) in [5, 5.41) is 0. The molecule has 1 aliphatic rings. The average molecular weight is 303 g/mol. The summed E-state index contributed by atoms with van der Waals surface area (Å²) in [5.74, 6) is 0. The fraction of sp³-hybridized carbons (Fsp3) is 0.500. The number of carbonyl (C=O) groups excluding carboxylic acids is 1. The number of amides is 1. The Hall–Kier alpha value is -1.81. The van der Waals surface area contributed by atoms with Gasteiger partial charge >= 0.3 is 6.09 Å². The minimum absolute atomic E-state index is 0.0297. The van der Waals surface area contributed by atoms with Crippen LogP contribution in [0.2, 0.25) is 0 Å². The maximum Gasteiger partial charge on any atom is 0.412 e. The zero-order valence-corrected chi connectivity index (χ0v) is 13.6. The monoisotopic (exact) mass is 303 g/mol. The number of carbonyl (C=O) groups is 1. The molecule has 1 aliphatic heterocycles. The van der Waals surface area contributed by atoms with Crippen molar-refractivity contribution < 1.29 is 14.3 Å². The van der Waals surface area contributed by atoms with E-state index in [9.17, 15) is 4.79 Å². The highest BCUT2D eigenvalue weighted by Crippen LogP contribution is 2.29. The zero-order chi connectivity index (χ0) is 16.0. The highest BCUT2D eigenvalue weighted by molar-refractivity contribution is 5.68. The Morgan fingerprint density at radius 3 is 2.77 bits per heavy atom. The fourth-order valence-electron chi connectivity index (χ4n) is 2.56. The minimum atomic E-state index is -0.626. The third kappa shape index (κ3) is 4.34. The van der Waals surface area contributed by atoms with E-state index in [1.807, 2.05) is 44.2 Å². The van der Waals surface area contributed by atoms with Crippen molar-refractivity contribution in [2.75, 3.05) is 6.54 Å². The molecule has 1 saturated heterocycles. The van der Waals surface area contributed by atoms with Crippen molar-refractivity contribution in [1.82, 2.24) is 4.90 Å². The van der Waals surface area contributed by atoms with Gasteiger partial charge in [-0.2, -0.15) is 0 Å². The van der Waals surface area contributed by atoms with Crippen LogP contribution in [0, 0.1) is 0 Å². The van der Waals surface area contributed by atoms with Crippen molar-refractivity contribution in [3.05, 3.63) is 48.0 Å². The zero-order valence-electron chi connectivity index (χ0n) is 13.6. The molecule has 22 heavy (non-hydrogen) atoms. The number of nitrogens with zero attached hydrogens (tertiary/aromatic N) is 1. The first-order valence-corrected chi connectivity index (χ1v) is 7.84. The van der Waals surface area contributed by atoms with E-state index in [2.05, 4.69) is 19.1 Å². The summed E-state index contributed by atoms with van der Waals surface area (Å²) in [4.78, 5) is 14.0. The van der Waals surface area contributed by atoms with Gasteiger partial charge in [0, 0.05) is 0 Å². The molecule has 0 bridgehead atoms. The molecule has 4 nitrogen and oxygen atoms in total. The molecule has 4 heteroatoms. The lowest BCUT2D eigenvalue weighted by Crippen LogP contribution is -2.43. The molecule has 1 heterocycles. The first-order valence-electron chi connectivity index (χ1n) is 7.84. The summed E-state index contributed by atoms with van der Waals surface area (Å²) in [6.07, 6.45) is 5.77. The summed E-state index contributed by atoms with van der Waals surface area (Å²) in [6.45, 7) is 6.76. The second-order valence-electron chi connectivity index (χ2n) is 5.95. The molecule has 0 unspecified atom stereocenters. The second kappa shape index (κ2) is 7.45. The van der Waals surface area contributed by atoms with Gasteiger partial charge in [0.25, 0.3) is 0 Å². The number of allylic oxidation sites excluding steroid dienone is 1. The Bertz CT molecular complexity index is 510. The lowest BCUT2D eigenvalue weighted by atomic mass is 10.2. The molecule has 0 N–H and O–H groups in total. The van der Waals surface area contributed by atoms with Gasteiger partial charge < -0.3 is 9.47 Å². The topological polar surface area (TPSA) is 38.8 Å². The smallest absolute Gasteiger partial charge is 0.412 e. The first kappa shape index (κ1) is 16.6. The van der Waals surface area contributed by atoms with Crippen LogP contribution in [-0.4, -0.2) is 29.4 Å². The van der Waals surface area contributed by atoms with Crippen LogP contribution in [0.3, 0.4) is 0 Å². The molecule has 0 radical (unpaired) electrons. The predicted molar refractivity (Wildman–Crippen MR) is 86.3 cm³/mol. The second-order valence-corrected chi connectivity index (χ2v) is 5.95. The number of hydrogen-bond acceptors (Lipinski definition) is 3. The normalized spacial score (nSPS) is 20.5. The molecule has 1 aromatic rings. The van der Waals surface area contributed by atoms with Crippen LogP contribution in [0.4, 0.5) is 4.79 Å². The van der Waals surface area contributed by atoms with Crippen LogP contribution in [0.1, 0.15) is 39.2 Å². The molecule has 1 amide bonds. The van der Waals surface area contributed by atoms with Crippen LogP contribution in [0.5, 0.6) is 0 Å². The summed E-state index contributed by atoms with van der Waals surface area (Å²) in [6, 6.07) is 9.69. The van der Waals surface area contributed by atoms with E-state index >= 15 is 0 Å². The third-order valence-electron chi connectivity index (χ3n) is 3.72. The number of ether oxygens (including phenoxy) is 2. The SMILES string of the molecule is CC/C=C/C[C@@H]1CN(C(=O)OCc2ccccc2)C(C)(C)O1. The summed E-state index contributed by atoms with van der Waals surface area (Å²) in [5.41, 5.74) is 0.356. The Morgan fingerprint density at radius 1 is 1.36 bits per heavy atom. The maximum absolute atomic E-state index is 12.3. The van der Waals surface area contributed by atoms with Crippen molar-refractivity contribution in [3.63, 3.8) is 0 Å². The number of benzene rings is 1. The lowest BCUT2D eigenvalue weighted by molar-refractivity contribution is -0.0694. The highest BCUT2D eigenvalue weighted by Gasteiger charge is 2.42. The molecule has 0 aliphatic carbocycles. The van der Waals surface area contributed by atoms with Crippen molar-refractivity contribution in [3.8, 4) is 0 Å². The average Bonchev–Trinajstić information content (AvgIpc) is 2.81. The van der Waals surface area contributed by atoms with Crippen LogP contribution in [0.25, 0.3) is 0 Å². The quantitative estimate of drug-likeness (QED) is 0.768. The Labute approximate surface area is 132 Å². The van der Waals surface area contributed by atoms with Gasteiger partial charge in [0.2, 0.25) is 0 Å². The lowest BCUT2D eigenvalue weighted by Gasteiger charge is -2.28. The molecule has 0 aromatic heterocycles. The summed E-state index contributed by atoms with van der Waals surface area (Å²) < 4.78 is 11.4. The fourth-order valence-corrected chi connectivity index (χ4v) is 2.56. The van der Waals surface area contributed by atoms with Gasteiger partial charge in [0.1, 0.15) is 12.3 Å². The van der Waals surface area contributed by atoms with Crippen LogP contribution in [0.15, 0.2) is 42.5 Å². The highest BCUT2D eigenvalue weighted by atomic mass is 16.6. The molecular weight excluding hydrogens is 278 g/mol. The first-order chi connectivity index (χ1) is 10.5. The van der Waals surface area contributed by atoms with E-state index in [-0.39, 0.29) is 18.8 Å². The molecule has 0 spiro atoms. The molecular formula is C18H25NO3. The van der Waals surface area contributed by atoms with Crippen LogP contribution in [-0.2, 0) is 16.1 Å². The van der Waals surface area contributed by atoms with E-state index < -0.39 is 5.72 Å². The molecule has 1 atom stereocenters. The maximum atomic E-state index is 12.3. The largest absolute Gasteiger partial charge is 0.444 e. The van der Waals surface area contributed by atoms with Crippen molar-refractivity contribution >= 4 is 6.09 Å². The van der Waals surface area contributed by atoms with Gasteiger partial charge in [0.15, 0.2) is 0 Å². The number of hydrogen-bond donors (Lipinski definition) is 0. The van der Waals surface area contributed by atoms with E-state index in [0.717, 1.165) is 18.4 Å². The minimum Gasteiger partial charge on any atom is -0.444 e. The summed E-state index contributed by atoms with van der Waals surface area (Å²) >= 11 is 0. The van der Waals surface area contributed by atoms with Gasteiger partial charge in [-0.05, 0) is 32.3 Å². The standard InChI is InChI=1S/C18H25NO3/c1-4-5-7-12-16-13-19(18(2,3)22-16)17(20)21-14-15-10-8-6-9-11-15/h5-11,16H,4,12-14H2,1-3H3/b7-5+/t16-/m1/s1. The van der Waals surface area contributed by atoms with Crippen molar-refractivity contribution in [2.24, 2.45) is 0 Å². The predicted octanol–water partition coefficient (Wildman–Crippen LogP) is 4.12. The van der Waals surface area contributed by atoms with E-state index in [1.165, 1.54) is 0 Å². The van der Waals surface area contributed by atoms with Gasteiger partial charge in [-0.1, -0.05) is 49.4 Å². The van der Waals surface area contributed by atoms with Crippen LogP contribution >= 0.6 is 0 Å². The van der Waals surface area contributed by atoms with Gasteiger partial charge in [-0.25, -0.2) is 4.79 Å². The van der Waals surface area contributed by atoms with E-state index in [1.54, 1.807) is 4.90 Å². The Morgan fingerprint density at radius 2 is 2.09 bits per heavy atom. The summed E-state index contributed by atoms with van der Waals surface area (Å²) in [7, 11) is 0. The Kier molecular flexibility index (Phi) is 5.61.